The van der Waals surface area contributed by atoms with Crippen LogP contribution in [0.5, 0.6) is 0 Å². The number of carbonyl (C=O) groups is 1. The van der Waals surface area contributed by atoms with Gasteiger partial charge in [0, 0.05) is 15.8 Å². The molecule has 0 unspecified atom stereocenters. The summed E-state index contributed by atoms with van der Waals surface area (Å²) in [7, 11) is 0. The average molecular weight is 363 g/mol. The van der Waals surface area contributed by atoms with Crippen LogP contribution in [0.4, 0.5) is 5.69 Å². The first kappa shape index (κ1) is 16.7. The number of nitrogens with one attached hydrogen (secondary N) is 1. The fourth-order valence-corrected chi connectivity index (χ4v) is 4.84. The van der Waals surface area contributed by atoms with Gasteiger partial charge in [0.2, 0.25) is 5.91 Å². The number of thiophene rings is 1. The number of hydrogen-bond acceptors (Lipinski definition) is 5. The number of aromatic nitrogens is 1. The SMILES string of the molecule is N#Cc1nc2sc3c(c2c(-c2ccccc2)c1NC(=O)CO)CCCC3. The van der Waals surface area contributed by atoms with Crippen molar-refractivity contribution < 1.29 is 9.90 Å². The maximum absolute atomic E-state index is 11.9. The van der Waals surface area contributed by atoms with Gasteiger partial charge in [0.1, 0.15) is 17.5 Å². The lowest BCUT2D eigenvalue weighted by Gasteiger charge is -2.16. The predicted molar refractivity (Wildman–Crippen MR) is 102 cm³/mol. The molecule has 0 bridgehead atoms. The number of pyridine rings is 1. The summed E-state index contributed by atoms with van der Waals surface area (Å²) in [5.74, 6) is -0.552. The minimum absolute atomic E-state index is 0.178. The summed E-state index contributed by atoms with van der Waals surface area (Å²) in [6.45, 7) is -0.640. The van der Waals surface area contributed by atoms with Crippen molar-refractivity contribution in [3.63, 3.8) is 0 Å². The molecule has 0 spiro atoms. The molecule has 0 fully saturated rings. The molecule has 0 radical (unpaired) electrons. The van der Waals surface area contributed by atoms with Crippen molar-refractivity contribution in [3.8, 4) is 17.2 Å². The summed E-state index contributed by atoms with van der Waals surface area (Å²) in [5, 5.41) is 22.5. The van der Waals surface area contributed by atoms with Gasteiger partial charge < -0.3 is 10.4 Å². The Morgan fingerprint density at radius 1 is 1.27 bits per heavy atom. The number of hydrogen-bond donors (Lipinski definition) is 2. The van der Waals surface area contributed by atoms with Crippen molar-refractivity contribution in [2.24, 2.45) is 0 Å². The molecule has 130 valence electrons. The van der Waals surface area contributed by atoms with E-state index in [0.29, 0.717) is 5.69 Å². The summed E-state index contributed by atoms with van der Waals surface area (Å²) >= 11 is 1.65. The molecule has 1 amide bonds. The molecular formula is C20H17N3O2S. The third-order valence-corrected chi connectivity index (χ3v) is 5.86. The lowest BCUT2D eigenvalue weighted by Crippen LogP contribution is -2.17. The summed E-state index contributed by atoms with van der Waals surface area (Å²) in [4.78, 5) is 18.6. The number of carbonyl (C=O) groups excluding carboxylic acids is 1. The van der Waals surface area contributed by atoms with Crippen LogP contribution in [-0.4, -0.2) is 22.6 Å². The molecule has 2 aromatic heterocycles. The summed E-state index contributed by atoms with van der Waals surface area (Å²) in [6.07, 6.45) is 4.31. The van der Waals surface area contributed by atoms with Crippen LogP contribution < -0.4 is 5.32 Å². The number of rotatable bonds is 3. The van der Waals surface area contributed by atoms with Crippen LogP contribution >= 0.6 is 11.3 Å². The molecule has 0 aliphatic heterocycles. The zero-order valence-corrected chi connectivity index (χ0v) is 14.9. The van der Waals surface area contributed by atoms with Crippen LogP contribution in [0.1, 0.15) is 29.0 Å². The molecule has 1 aliphatic carbocycles. The first-order chi connectivity index (χ1) is 12.7. The molecule has 1 aromatic carbocycles. The Labute approximate surface area is 154 Å². The summed E-state index contributed by atoms with van der Waals surface area (Å²) < 4.78 is 0. The average Bonchev–Trinajstić information content (AvgIpc) is 3.06. The van der Waals surface area contributed by atoms with Gasteiger partial charge in [-0.3, -0.25) is 4.79 Å². The van der Waals surface area contributed by atoms with Crippen molar-refractivity contribution in [1.82, 2.24) is 4.98 Å². The Morgan fingerprint density at radius 3 is 2.77 bits per heavy atom. The Morgan fingerprint density at radius 2 is 2.04 bits per heavy atom. The Hall–Kier alpha value is -2.75. The van der Waals surface area contributed by atoms with E-state index < -0.39 is 12.5 Å². The van der Waals surface area contributed by atoms with Crippen LogP contribution in [0.3, 0.4) is 0 Å². The quantitative estimate of drug-likeness (QED) is 0.744. The fourth-order valence-electron chi connectivity index (χ4n) is 3.56. The first-order valence-corrected chi connectivity index (χ1v) is 9.39. The van der Waals surface area contributed by atoms with E-state index in [4.69, 9.17) is 0 Å². The maximum Gasteiger partial charge on any atom is 0.250 e. The van der Waals surface area contributed by atoms with Gasteiger partial charge in [-0.15, -0.1) is 11.3 Å². The van der Waals surface area contributed by atoms with E-state index >= 15 is 0 Å². The number of nitriles is 1. The van der Waals surface area contributed by atoms with E-state index in [0.717, 1.165) is 40.6 Å². The molecular weight excluding hydrogens is 346 g/mol. The summed E-state index contributed by atoms with van der Waals surface area (Å²) in [5.41, 5.74) is 3.60. The van der Waals surface area contributed by atoms with Crippen LogP contribution in [0.15, 0.2) is 30.3 Å². The molecule has 0 saturated carbocycles. The lowest BCUT2D eigenvalue weighted by molar-refractivity contribution is -0.118. The number of benzene rings is 1. The fraction of sp³-hybridized carbons (Fsp3) is 0.250. The van der Waals surface area contributed by atoms with E-state index in [1.807, 2.05) is 30.3 Å². The third-order valence-electron chi connectivity index (χ3n) is 4.68. The van der Waals surface area contributed by atoms with E-state index in [-0.39, 0.29) is 5.69 Å². The highest BCUT2D eigenvalue weighted by molar-refractivity contribution is 7.19. The number of aryl methyl sites for hydroxylation is 2. The van der Waals surface area contributed by atoms with Crippen LogP contribution in [0, 0.1) is 11.3 Å². The Bertz CT molecular complexity index is 1030. The highest BCUT2D eigenvalue weighted by Crippen LogP contribution is 2.44. The predicted octanol–water partition coefficient (Wildman–Crippen LogP) is 3.64. The minimum Gasteiger partial charge on any atom is -0.387 e. The number of nitrogens with zero attached hydrogens (tertiary/aromatic N) is 2. The van der Waals surface area contributed by atoms with Gasteiger partial charge in [-0.2, -0.15) is 5.26 Å². The van der Waals surface area contributed by atoms with Gasteiger partial charge in [-0.05, 0) is 36.8 Å². The van der Waals surface area contributed by atoms with Gasteiger partial charge in [0.05, 0.1) is 5.69 Å². The minimum atomic E-state index is -0.640. The van der Waals surface area contributed by atoms with Gasteiger partial charge in [-0.25, -0.2) is 4.98 Å². The molecule has 1 aliphatic rings. The van der Waals surface area contributed by atoms with Crippen LogP contribution in [-0.2, 0) is 17.6 Å². The van der Waals surface area contributed by atoms with Crippen molar-refractivity contribution in [2.75, 3.05) is 11.9 Å². The molecule has 0 saturated heterocycles. The molecule has 0 atom stereocenters. The number of fused-ring (bicyclic) bond motifs is 3. The van der Waals surface area contributed by atoms with Gasteiger partial charge >= 0.3 is 0 Å². The van der Waals surface area contributed by atoms with Crippen molar-refractivity contribution in [1.29, 1.82) is 5.26 Å². The molecule has 6 heteroatoms. The monoisotopic (exact) mass is 363 g/mol. The number of amides is 1. The van der Waals surface area contributed by atoms with Gasteiger partial charge in [-0.1, -0.05) is 30.3 Å². The second-order valence-corrected chi connectivity index (χ2v) is 7.37. The highest BCUT2D eigenvalue weighted by atomic mass is 32.1. The van der Waals surface area contributed by atoms with Gasteiger partial charge in [0.25, 0.3) is 0 Å². The molecule has 2 N–H and O–H groups in total. The highest BCUT2D eigenvalue weighted by Gasteiger charge is 2.25. The molecule has 5 nitrogen and oxygen atoms in total. The van der Waals surface area contributed by atoms with Crippen molar-refractivity contribution >= 4 is 33.1 Å². The van der Waals surface area contributed by atoms with E-state index in [1.54, 1.807) is 11.3 Å². The zero-order chi connectivity index (χ0) is 18.1. The number of aliphatic hydroxyl groups is 1. The molecule has 2 heterocycles. The third kappa shape index (κ3) is 2.75. The maximum atomic E-state index is 11.9. The second-order valence-electron chi connectivity index (χ2n) is 6.29. The van der Waals surface area contributed by atoms with E-state index in [9.17, 15) is 15.2 Å². The van der Waals surface area contributed by atoms with Crippen LogP contribution in [0.25, 0.3) is 21.3 Å². The molecule has 26 heavy (non-hydrogen) atoms. The van der Waals surface area contributed by atoms with Crippen molar-refractivity contribution in [2.45, 2.75) is 25.7 Å². The van der Waals surface area contributed by atoms with Gasteiger partial charge in [0.15, 0.2) is 5.69 Å². The standard InChI is InChI=1S/C20H17N3O2S/c21-10-14-19(23-16(25)11-24)17(12-6-2-1-3-7-12)18-13-8-4-5-9-15(13)26-20(18)22-14/h1-3,6-7,24H,4-5,8-9,11H2,(H,23,25). The second kappa shape index (κ2) is 6.87. The molecule has 4 rings (SSSR count). The summed E-state index contributed by atoms with van der Waals surface area (Å²) in [6, 6.07) is 11.8. The largest absolute Gasteiger partial charge is 0.387 e. The number of anilines is 1. The van der Waals surface area contributed by atoms with Crippen LogP contribution in [0.2, 0.25) is 0 Å². The first-order valence-electron chi connectivity index (χ1n) is 8.57. The van der Waals surface area contributed by atoms with E-state index in [2.05, 4.69) is 16.4 Å². The Balaban J connectivity index is 2.09. The van der Waals surface area contributed by atoms with Crippen molar-refractivity contribution in [3.05, 3.63) is 46.5 Å². The number of aliphatic hydroxyl groups excluding tert-OH is 1. The lowest BCUT2D eigenvalue weighted by atomic mass is 9.91. The normalized spacial score (nSPS) is 13.2. The van der Waals surface area contributed by atoms with E-state index in [1.165, 1.54) is 16.9 Å². The smallest absolute Gasteiger partial charge is 0.250 e. The topological polar surface area (TPSA) is 86.0 Å². The molecule has 3 aromatic rings. The Kier molecular flexibility index (Phi) is 4.41. The zero-order valence-electron chi connectivity index (χ0n) is 14.1.